The molecule has 14 heavy (non-hydrogen) atoms. The molecule has 0 aliphatic heterocycles. The Morgan fingerprint density at radius 1 is 1.07 bits per heavy atom. The fraction of sp³-hybridized carbons (Fsp3) is 0.273. The van der Waals surface area contributed by atoms with Crippen molar-refractivity contribution in [1.29, 1.82) is 0 Å². The van der Waals surface area contributed by atoms with Gasteiger partial charge in [0.05, 0.1) is 0 Å². The normalized spacial score (nSPS) is 7.43. The molecule has 0 aliphatic rings. The Balaban J connectivity index is -0.000000403. The zero-order chi connectivity index (χ0) is 7.94. The molecule has 0 atom stereocenters. The summed E-state index contributed by atoms with van der Waals surface area (Å²) >= 11 is 0. The summed E-state index contributed by atoms with van der Waals surface area (Å²) in [4.78, 5) is 0. The van der Waals surface area contributed by atoms with Gasteiger partial charge in [0.25, 0.3) is 0 Å². The minimum absolute atomic E-state index is 0. The summed E-state index contributed by atoms with van der Waals surface area (Å²) < 4.78 is 0. The predicted octanol–water partition coefficient (Wildman–Crippen LogP) is -2.80. The maximum Gasteiger partial charge on any atom is 4.00 e. The summed E-state index contributed by atoms with van der Waals surface area (Å²) in [5.74, 6) is 0. The molecule has 1 aromatic rings. The minimum Gasteiger partial charge on any atom is -1.00 e. The Morgan fingerprint density at radius 3 is 2.14 bits per heavy atom. The molecule has 0 fully saturated rings. The number of aryl methyl sites for hydroxylation is 1. The molecular formula is C11H14Cl2Zr+2. The van der Waals surface area contributed by atoms with E-state index < -0.39 is 0 Å². The van der Waals surface area contributed by atoms with Crippen molar-refractivity contribution in [2.75, 3.05) is 0 Å². The molecular weight excluding hydrogens is 294 g/mol. The molecule has 0 heterocycles. The average Bonchev–Trinajstić information content (AvgIpc) is 2.07. The van der Waals surface area contributed by atoms with E-state index in [1.54, 1.807) is 0 Å². The van der Waals surface area contributed by atoms with Crippen LogP contribution in [0.2, 0.25) is 0 Å². The topological polar surface area (TPSA) is 0 Å². The number of benzene rings is 1. The fourth-order valence-electron chi connectivity index (χ4n) is 1.10. The summed E-state index contributed by atoms with van der Waals surface area (Å²) in [6, 6.07) is 10.6. The van der Waals surface area contributed by atoms with Crippen LogP contribution in [0.1, 0.15) is 18.4 Å². The largest absolute Gasteiger partial charge is 4.00 e. The van der Waals surface area contributed by atoms with Crippen molar-refractivity contribution in [2.45, 2.75) is 19.3 Å². The molecule has 0 spiro atoms. The second-order valence-electron chi connectivity index (χ2n) is 2.67. The number of hydrogen-bond donors (Lipinski definition) is 0. The SMILES string of the molecule is C=CCCCc1ccccc1.[Cl-].[Cl-].[Zr+4]. The third-order valence-corrected chi connectivity index (χ3v) is 1.72. The molecule has 0 N–H and O–H groups in total. The van der Waals surface area contributed by atoms with Crippen LogP contribution >= 0.6 is 0 Å². The molecule has 0 bridgehead atoms. The number of allylic oxidation sites excluding steroid dienone is 1. The molecule has 74 valence electrons. The molecule has 0 saturated carbocycles. The van der Waals surface area contributed by atoms with Crippen LogP contribution in [0.15, 0.2) is 43.0 Å². The average molecular weight is 308 g/mol. The molecule has 0 saturated heterocycles. The van der Waals surface area contributed by atoms with Gasteiger partial charge in [0, 0.05) is 0 Å². The van der Waals surface area contributed by atoms with E-state index in [0.29, 0.717) is 0 Å². The van der Waals surface area contributed by atoms with Crippen LogP contribution in [0.5, 0.6) is 0 Å². The van der Waals surface area contributed by atoms with E-state index >= 15 is 0 Å². The zero-order valence-corrected chi connectivity index (χ0v) is 12.0. The summed E-state index contributed by atoms with van der Waals surface area (Å²) in [6.07, 6.45) is 5.48. The number of rotatable bonds is 4. The fourth-order valence-corrected chi connectivity index (χ4v) is 1.10. The zero-order valence-electron chi connectivity index (χ0n) is 8.05. The van der Waals surface area contributed by atoms with Gasteiger partial charge in [0.15, 0.2) is 0 Å². The maximum absolute atomic E-state index is 3.69. The van der Waals surface area contributed by atoms with Gasteiger partial charge in [-0.3, -0.25) is 0 Å². The minimum atomic E-state index is 0. The molecule has 0 aliphatic carbocycles. The predicted molar refractivity (Wildman–Crippen MR) is 49.6 cm³/mol. The van der Waals surface area contributed by atoms with E-state index in [-0.39, 0.29) is 51.0 Å². The number of unbranched alkanes of at least 4 members (excludes halogenated alkanes) is 1. The molecule has 3 heteroatoms. The third-order valence-electron chi connectivity index (χ3n) is 1.72. The van der Waals surface area contributed by atoms with Gasteiger partial charge in [-0.25, -0.2) is 0 Å². The van der Waals surface area contributed by atoms with Gasteiger partial charge in [-0.15, -0.1) is 6.58 Å². The summed E-state index contributed by atoms with van der Waals surface area (Å²) in [6.45, 7) is 3.69. The standard InChI is InChI=1S/C11H14.2ClH.Zr/c1-2-3-5-8-11-9-6-4-7-10-11;;;/h2,4,6-7,9-10H,1,3,5,8H2;2*1H;/q;;;+4/p-2. The van der Waals surface area contributed by atoms with E-state index in [1.165, 1.54) is 18.4 Å². The smallest absolute Gasteiger partial charge is 1.00 e. The quantitative estimate of drug-likeness (QED) is 0.416. The molecule has 1 rings (SSSR count). The van der Waals surface area contributed by atoms with Crippen LogP contribution < -0.4 is 24.8 Å². The van der Waals surface area contributed by atoms with Crippen LogP contribution in [0.3, 0.4) is 0 Å². The van der Waals surface area contributed by atoms with Gasteiger partial charge in [0.2, 0.25) is 0 Å². The van der Waals surface area contributed by atoms with Crippen LogP contribution in [0, 0.1) is 0 Å². The van der Waals surface area contributed by atoms with Crippen molar-refractivity contribution in [3.63, 3.8) is 0 Å². The van der Waals surface area contributed by atoms with Crippen molar-refractivity contribution >= 4 is 0 Å². The van der Waals surface area contributed by atoms with Crippen molar-refractivity contribution < 1.29 is 51.0 Å². The molecule has 0 amide bonds. The van der Waals surface area contributed by atoms with Gasteiger partial charge >= 0.3 is 26.2 Å². The molecule has 0 radical (unpaired) electrons. The monoisotopic (exact) mass is 306 g/mol. The molecule has 0 nitrogen and oxygen atoms in total. The first-order chi connectivity index (χ1) is 5.43. The van der Waals surface area contributed by atoms with Crippen LogP contribution in [0.25, 0.3) is 0 Å². The van der Waals surface area contributed by atoms with Gasteiger partial charge in [-0.1, -0.05) is 36.4 Å². The first kappa shape index (κ1) is 19.9. The van der Waals surface area contributed by atoms with Gasteiger partial charge in [0.1, 0.15) is 0 Å². The Kier molecular flexibility index (Phi) is 19.1. The summed E-state index contributed by atoms with van der Waals surface area (Å²) in [5, 5.41) is 0. The first-order valence-corrected chi connectivity index (χ1v) is 4.08. The van der Waals surface area contributed by atoms with E-state index in [0.717, 1.165) is 6.42 Å². The first-order valence-electron chi connectivity index (χ1n) is 4.08. The number of hydrogen-bond acceptors (Lipinski definition) is 0. The summed E-state index contributed by atoms with van der Waals surface area (Å²) in [5.41, 5.74) is 1.43. The van der Waals surface area contributed by atoms with E-state index in [9.17, 15) is 0 Å². The Morgan fingerprint density at radius 2 is 1.64 bits per heavy atom. The van der Waals surface area contributed by atoms with E-state index in [2.05, 4.69) is 36.9 Å². The van der Waals surface area contributed by atoms with Gasteiger partial charge in [-0.05, 0) is 24.8 Å². The van der Waals surface area contributed by atoms with Crippen molar-refractivity contribution in [3.05, 3.63) is 48.6 Å². The Labute approximate surface area is 118 Å². The van der Waals surface area contributed by atoms with Crippen molar-refractivity contribution in [2.24, 2.45) is 0 Å². The number of halogens is 2. The second-order valence-corrected chi connectivity index (χ2v) is 2.67. The molecule has 1 aromatic carbocycles. The Hall–Kier alpha value is 0.423. The van der Waals surface area contributed by atoms with Crippen molar-refractivity contribution in [3.8, 4) is 0 Å². The van der Waals surface area contributed by atoms with Gasteiger partial charge in [-0.2, -0.15) is 0 Å². The molecule has 0 aromatic heterocycles. The van der Waals surface area contributed by atoms with Gasteiger partial charge < -0.3 is 24.8 Å². The second kappa shape index (κ2) is 13.4. The maximum atomic E-state index is 3.69. The van der Waals surface area contributed by atoms with E-state index in [1.807, 2.05) is 6.08 Å². The van der Waals surface area contributed by atoms with E-state index in [4.69, 9.17) is 0 Å². The molecule has 0 unspecified atom stereocenters. The summed E-state index contributed by atoms with van der Waals surface area (Å²) in [7, 11) is 0. The van der Waals surface area contributed by atoms with Crippen LogP contribution in [-0.2, 0) is 32.6 Å². The van der Waals surface area contributed by atoms with Crippen LogP contribution in [-0.4, -0.2) is 0 Å². The third kappa shape index (κ3) is 9.00. The van der Waals surface area contributed by atoms with Crippen molar-refractivity contribution in [1.82, 2.24) is 0 Å². The van der Waals surface area contributed by atoms with Crippen LogP contribution in [0.4, 0.5) is 0 Å². The Bertz CT molecular complexity index is 212.